The maximum Gasteiger partial charge on any atom is 0.0413 e. The number of hydrogen-bond donors (Lipinski definition) is 1. The van der Waals surface area contributed by atoms with E-state index in [1.165, 1.54) is 37.8 Å². The molecule has 2 atom stereocenters. The van der Waals surface area contributed by atoms with Gasteiger partial charge in [-0.3, -0.25) is 4.98 Å². The van der Waals surface area contributed by atoms with Gasteiger partial charge in [0, 0.05) is 21.9 Å². The normalized spacial score (nSPS) is 23.8. The highest BCUT2D eigenvalue weighted by atomic mass is 79.9. The van der Waals surface area contributed by atoms with Crippen LogP contribution >= 0.6 is 15.9 Å². The molecule has 1 heterocycles. The zero-order valence-corrected chi connectivity index (χ0v) is 15.2. The number of nitrogens with one attached hydrogen (secondary N) is 1. The first kappa shape index (κ1) is 17.0. The molecule has 21 heavy (non-hydrogen) atoms. The summed E-state index contributed by atoms with van der Waals surface area (Å²) in [6.45, 7) is 7.92. The lowest BCUT2D eigenvalue weighted by Crippen LogP contribution is -2.41. The van der Waals surface area contributed by atoms with Crippen LogP contribution in [0.5, 0.6) is 0 Å². The van der Waals surface area contributed by atoms with E-state index < -0.39 is 0 Å². The molecule has 1 fully saturated rings. The molecule has 3 heteroatoms. The van der Waals surface area contributed by atoms with Crippen LogP contribution in [-0.4, -0.2) is 17.1 Å². The maximum absolute atomic E-state index is 4.58. The molecule has 118 valence electrons. The highest BCUT2D eigenvalue weighted by Gasteiger charge is 2.25. The Morgan fingerprint density at radius 2 is 1.86 bits per heavy atom. The minimum atomic E-state index is 0.215. The number of nitrogens with zero attached hydrogens (tertiary/aromatic N) is 1. The number of aromatic nitrogens is 1. The third-order valence-corrected chi connectivity index (χ3v) is 4.94. The summed E-state index contributed by atoms with van der Waals surface area (Å²) < 4.78 is 1.07. The van der Waals surface area contributed by atoms with Crippen molar-refractivity contribution in [2.75, 3.05) is 6.54 Å². The Hall–Kier alpha value is -0.410. The van der Waals surface area contributed by atoms with E-state index in [0.29, 0.717) is 0 Å². The Kier molecular flexibility index (Phi) is 6.24. The molecule has 0 saturated heterocycles. The Morgan fingerprint density at radius 3 is 2.48 bits per heavy atom. The van der Waals surface area contributed by atoms with E-state index in [4.69, 9.17) is 0 Å². The van der Waals surface area contributed by atoms with Gasteiger partial charge in [0.25, 0.3) is 0 Å². The van der Waals surface area contributed by atoms with Gasteiger partial charge in [0.2, 0.25) is 0 Å². The largest absolute Gasteiger partial charge is 0.312 e. The first-order chi connectivity index (χ1) is 9.94. The molecule has 2 rings (SSSR count). The average Bonchev–Trinajstić information content (AvgIpc) is 2.63. The molecule has 1 saturated carbocycles. The smallest absolute Gasteiger partial charge is 0.0413 e. The van der Waals surface area contributed by atoms with E-state index in [1.54, 1.807) is 0 Å². The van der Waals surface area contributed by atoms with Gasteiger partial charge in [-0.05, 0) is 86.5 Å². The van der Waals surface area contributed by atoms with Crippen LogP contribution in [0.25, 0.3) is 0 Å². The molecule has 0 radical (unpaired) electrons. The summed E-state index contributed by atoms with van der Waals surface area (Å²) in [6, 6.07) is 4.28. The van der Waals surface area contributed by atoms with Crippen LogP contribution in [0.3, 0.4) is 0 Å². The Labute approximate surface area is 138 Å². The van der Waals surface area contributed by atoms with Crippen molar-refractivity contribution in [2.24, 2.45) is 11.8 Å². The number of pyridine rings is 1. The van der Waals surface area contributed by atoms with Crippen molar-refractivity contribution < 1.29 is 0 Å². The van der Waals surface area contributed by atoms with Crippen LogP contribution < -0.4 is 5.32 Å². The van der Waals surface area contributed by atoms with E-state index in [0.717, 1.165) is 29.3 Å². The van der Waals surface area contributed by atoms with Crippen LogP contribution in [0.4, 0.5) is 0 Å². The second kappa shape index (κ2) is 7.73. The molecule has 0 spiro atoms. The molecular formula is C18H29BrN2. The molecule has 0 aromatic carbocycles. The summed E-state index contributed by atoms with van der Waals surface area (Å²) in [6.07, 6.45) is 9.95. The van der Waals surface area contributed by atoms with Gasteiger partial charge in [-0.1, -0.05) is 19.3 Å². The monoisotopic (exact) mass is 352 g/mol. The van der Waals surface area contributed by atoms with Crippen LogP contribution in [0, 0.1) is 11.8 Å². The number of hydrogen-bond acceptors (Lipinski definition) is 2. The summed E-state index contributed by atoms with van der Waals surface area (Å²) in [4.78, 5) is 4.58. The Balaban J connectivity index is 1.99. The quantitative estimate of drug-likeness (QED) is 0.773. The third-order valence-electron chi connectivity index (χ3n) is 4.47. The van der Waals surface area contributed by atoms with E-state index in [1.807, 2.05) is 6.20 Å². The predicted octanol–water partition coefficient (Wildman–Crippen LogP) is 4.97. The molecule has 2 nitrogen and oxygen atoms in total. The van der Waals surface area contributed by atoms with Gasteiger partial charge in [0.1, 0.15) is 0 Å². The lowest BCUT2D eigenvalue weighted by Gasteiger charge is -2.29. The molecule has 1 aromatic rings. The van der Waals surface area contributed by atoms with Gasteiger partial charge in [0.15, 0.2) is 0 Å². The van der Waals surface area contributed by atoms with Crippen molar-refractivity contribution >= 4 is 15.9 Å². The van der Waals surface area contributed by atoms with Gasteiger partial charge in [-0.15, -0.1) is 0 Å². The van der Waals surface area contributed by atoms with Crippen LogP contribution in [0.15, 0.2) is 22.8 Å². The first-order valence-corrected chi connectivity index (χ1v) is 9.09. The van der Waals surface area contributed by atoms with Gasteiger partial charge in [-0.2, -0.15) is 0 Å². The fourth-order valence-electron chi connectivity index (χ4n) is 3.23. The molecule has 1 N–H and O–H groups in total. The summed E-state index contributed by atoms with van der Waals surface area (Å²) >= 11 is 3.47. The molecule has 1 aromatic heterocycles. The summed E-state index contributed by atoms with van der Waals surface area (Å²) in [7, 11) is 0. The molecule has 0 amide bonds. The second-order valence-electron chi connectivity index (χ2n) is 7.46. The Morgan fingerprint density at radius 1 is 1.14 bits per heavy atom. The summed E-state index contributed by atoms with van der Waals surface area (Å²) in [5.41, 5.74) is 1.46. The Bertz CT molecular complexity index is 422. The SMILES string of the molecule is CC(C)(C)NCC1CCCCCC1Cc1ccc(Br)cn1. The average molecular weight is 353 g/mol. The topological polar surface area (TPSA) is 24.9 Å². The van der Waals surface area contributed by atoms with E-state index in [-0.39, 0.29) is 5.54 Å². The number of halogens is 1. The molecule has 0 bridgehead atoms. The third kappa shape index (κ3) is 6.07. The van der Waals surface area contributed by atoms with Crippen molar-refractivity contribution in [1.29, 1.82) is 0 Å². The minimum absolute atomic E-state index is 0.215. The fourth-order valence-corrected chi connectivity index (χ4v) is 3.47. The lowest BCUT2D eigenvalue weighted by molar-refractivity contribution is 0.268. The lowest BCUT2D eigenvalue weighted by atomic mass is 9.84. The molecule has 0 aliphatic heterocycles. The standard InChI is InChI=1S/C18H29BrN2/c1-18(2,3)21-12-15-8-6-4-5-7-14(15)11-17-10-9-16(19)13-20-17/h9-10,13-15,21H,4-8,11-12H2,1-3H3. The fraction of sp³-hybridized carbons (Fsp3) is 0.722. The number of rotatable bonds is 4. The van der Waals surface area contributed by atoms with Crippen molar-refractivity contribution in [1.82, 2.24) is 10.3 Å². The molecule has 1 aliphatic rings. The highest BCUT2D eigenvalue weighted by molar-refractivity contribution is 9.10. The summed E-state index contributed by atoms with van der Waals surface area (Å²) in [5.74, 6) is 1.56. The van der Waals surface area contributed by atoms with Crippen molar-refractivity contribution in [3.63, 3.8) is 0 Å². The molecule has 2 unspecified atom stereocenters. The maximum atomic E-state index is 4.58. The van der Waals surface area contributed by atoms with Gasteiger partial charge in [0.05, 0.1) is 0 Å². The van der Waals surface area contributed by atoms with Crippen LogP contribution in [0.2, 0.25) is 0 Å². The van der Waals surface area contributed by atoms with E-state index in [2.05, 4.69) is 59.1 Å². The zero-order chi connectivity index (χ0) is 15.3. The van der Waals surface area contributed by atoms with Crippen LogP contribution in [0.1, 0.15) is 58.6 Å². The summed E-state index contributed by atoms with van der Waals surface area (Å²) in [5, 5.41) is 3.72. The van der Waals surface area contributed by atoms with Gasteiger partial charge < -0.3 is 5.32 Å². The van der Waals surface area contributed by atoms with E-state index >= 15 is 0 Å². The molecular weight excluding hydrogens is 324 g/mol. The minimum Gasteiger partial charge on any atom is -0.312 e. The van der Waals surface area contributed by atoms with Gasteiger partial charge >= 0.3 is 0 Å². The highest BCUT2D eigenvalue weighted by Crippen LogP contribution is 2.31. The van der Waals surface area contributed by atoms with Crippen LogP contribution in [-0.2, 0) is 6.42 Å². The van der Waals surface area contributed by atoms with E-state index in [9.17, 15) is 0 Å². The van der Waals surface area contributed by atoms with Crippen molar-refractivity contribution in [3.05, 3.63) is 28.5 Å². The first-order valence-electron chi connectivity index (χ1n) is 8.29. The predicted molar refractivity (Wildman–Crippen MR) is 93.5 cm³/mol. The second-order valence-corrected chi connectivity index (χ2v) is 8.38. The van der Waals surface area contributed by atoms with Crippen molar-refractivity contribution in [2.45, 2.75) is 64.8 Å². The zero-order valence-electron chi connectivity index (χ0n) is 13.7. The van der Waals surface area contributed by atoms with Crippen molar-refractivity contribution in [3.8, 4) is 0 Å². The molecule has 1 aliphatic carbocycles. The van der Waals surface area contributed by atoms with Gasteiger partial charge in [-0.25, -0.2) is 0 Å².